The van der Waals surface area contributed by atoms with E-state index >= 15 is 0 Å². The first-order valence-corrected chi connectivity index (χ1v) is 7.82. The van der Waals surface area contributed by atoms with Crippen LogP contribution in [0.4, 0.5) is 9.80 Å². The van der Waals surface area contributed by atoms with Crippen LogP contribution in [0.5, 0.6) is 11.5 Å². The van der Waals surface area contributed by atoms with Gasteiger partial charge in [0, 0.05) is 6.54 Å². The number of hydrogen-bond acceptors (Lipinski definition) is 4. The van der Waals surface area contributed by atoms with Crippen molar-refractivity contribution in [3.8, 4) is 11.5 Å². The average molecular weight is 320 g/mol. The molecule has 2 rings (SSSR count). The van der Waals surface area contributed by atoms with E-state index in [1.807, 2.05) is 36.6 Å². The minimum Gasteiger partial charge on any atom is -0.493 e. The Morgan fingerprint density at radius 2 is 1.95 bits per heavy atom. The summed E-state index contributed by atoms with van der Waals surface area (Å²) >= 11 is 1.49. The average Bonchev–Trinajstić information content (AvgIpc) is 3.01. The SMILES string of the molecule is COc1cc(C)c(CCNC(=O)Nc2cccs2)cc1OC. The molecule has 2 aromatic rings. The van der Waals surface area contributed by atoms with Crippen molar-refractivity contribution in [3.63, 3.8) is 0 Å². The lowest BCUT2D eigenvalue weighted by atomic mass is 10.0. The summed E-state index contributed by atoms with van der Waals surface area (Å²) in [5, 5.41) is 8.39. The van der Waals surface area contributed by atoms with Crippen molar-refractivity contribution < 1.29 is 14.3 Å². The Morgan fingerprint density at radius 1 is 1.23 bits per heavy atom. The van der Waals surface area contributed by atoms with Crippen LogP contribution in [0, 0.1) is 6.92 Å². The van der Waals surface area contributed by atoms with E-state index in [4.69, 9.17) is 9.47 Å². The van der Waals surface area contributed by atoms with Gasteiger partial charge in [0.05, 0.1) is 19.2 Å². The summed E-state index contributed by atoms with van der Waals surface area (Å²) in [6, 6.07) is 7.46. The van der Waals surface area contributed by atoms with E-state index < -0.39 is 0 Å². The van der Waals surface area contributed by atoms with Crippen LogP contribution < -0.4 is 20.1 Å². The van der Waals surface area contributed by atoms with Crippen LogP contribution in [0.25, 0.3) is 0 Å². The molecule has 0 aliphatic carbocycles. The van der Waals surface area contributed by atoms with E-state index in [0.29, 0.717) is 18.0 Å². The van der Waals surface area contributed by atoms with Crippen LogP contribution in [0.15, 0.2) is 29.6 Å². The summed E-state index contributed by atoms with van der Waals surface area (Å²) in [5.41, 5.74) is 2.23. The number of amides is 2. The zero-order valence-corrected chi connectivity index (χ0v) is 13.8. The van der Waals surface area contributed by atoms with Crippen LogP contribution >= 0.6 is 11.3 Å². The highest BCUT2D eigenvalue weighted by Gasteiger charge is 2.09. The smallest absolute Gasteiger partial charge is 0.319 e. The van der Waals surface area contributed by atoms with Gasteiger partial charge in [-0.1, -0.05) is 0 Å². The van der Waals surface area contributed by atoms with E-state index in [9.17, 15) is 4.79 Å². The topological polar surface area (TPSA) is 59.6 Å². The van der Waals surface area contributed by atoms with Gasteiger partial charge in [0.1, 0.15) is 0 Å². The lowest BCUT2D eigenvalue weighted by Gasteiger charge is -2.13. The molecule has 118 valence electrons. The van der Waals surface area contributed by atoms with Crippen molar-refractivity contribution in [1.82, 2.24) is 5.32 Å². The Labute approximate surface area is 134 Å². The van der Waals surface area contributed by atoms with Gasteiger partial charge in [0.15, 0.2) is 11.5 Å². The normalized spacial score (nSPS) is 10.1. The van der Waals surface area contributed by atoms with E-state index in [2.05, 4.69) is 10.6 Å². The number of carbonyl (C=O) groups excluding carboxylic acids is 1. The first-order chi connectivity index (χ1) is 10.6. The third kappa shape index (κ3) is 4.14. The molecule has 0 saturated heterocycles. The first-order valence-electron chi connectivity index (χ1n) is 6.94. The second-order valence-corrected chi connectivity index (χ2v) is 5.69. The summed E-state index contributed by atoms with van der Waals surface area (Å²) in [7, 11) is 3.23. The molecular formula is C16H20N2O3S. The highest BCUT2D eigenvalue weighted by atomic mass is 32.1. The van der Waals surface area contributed by atoms with Crippen molar-refractivity contribution in [2.75, 3.05) is 26.1 Å². The minimum atomic E-state index is -0.194. The number of aryl methyl sites for hydroxylation is 1. The molecule has 6 heteroatoms. The second kappa shape index (κ2) is 7.70. The Bertz CT molecular complexity index is 627. The first kappa shape index (κ1) is 16.2. The van der Waals surface area contributed by atoms with Crippen molar-refractivity contribution in [2.24, 2.45) is 0 Å². The van der Waals surface area contributed by atoms with Crippen molar-refractivity contribution in [3.05, 3.63) is 40.8 Å². The van der Waals surface area contributed by atoms with Crippen LogP contribution in [-0.4, -0.2) is 26.8 Å². The van der Waals surface area contributed by atoms with Gasteiger partial charge >= 0.3 is 6.03 Å². The van der Waals surface area contributed by atoms with Gasteiger partial charge in [-0.15, -0.1) is 11.3 Å². The zero-order chi connectivity index (χ0) is 15.9. The van der Waals surface area contributed by atoms with E-state index in [-0.39, 0.29) is 6.03 Å². The highest BCUT2D eigenvalue weighted by Crippen LogP contribution is 2.30. The number of nitrogens with one attached hydrogen (secondary N) is 2. The van der Waals surface area contributed by atoms with Gasteiger partial charge in [0.25, 0.3) is 0 Å². The molecule has 0 aliphatic heterocycles. The second-order valence-electron chi connectivity index (χ2n) is 4.74. The molecule has 0 spiro atoms. The molecule has 0 saturated carbocycles. The van der Waals surface area contributed by atoms with Gasteiger partial charge in [-0.2, -0.15) is 0 Å². The van der Waals surface area contributed by atoms with Crippen LogP contribution in [0.3, 0.4) is 0 Å². The fraction of sp³-hybridized carbons (Fsp3) is 0.312. The molecule has 1 heterocycles. The predicted molar refractivity (Wildman–Crippen MR) is 89.3 cm³/mol. The minimum absolute atomic E-state index is 0.194. The quantitative estimate of drug-likeness (QED) is 0.857. The molecule has 0 unspecified atom stereocenters. The van der Waals surface area contributed by atoms with Crippen LogP contribution in [-0.2, 0) is 6.42 Å². The monoisotopic (exact) mass is 320 g/mol. The fourth-order valence-electron chi connectivity index (χ4n) is 2.11. The maximum atomic E-state index is 11.7. The van der Waals surface area contributed by atoms with E-state index in [1.54, 1.807) is 14.2 Å². The molecule has 22 heavy (non-hydrogen) atoms. The lowest BCUT2D eigenvalue weighted by Crippen LogP contribution is -2.30. The highest BCUT2D eigenvalue weighted by molar-refractivity contribution is 7.14. The number of rotatable bonds is 6. The van der Waals surface area contributed by atoms with E-state index in [1.165, 1.54) is 11.3 Å². The fourth-order valence-corrected chi connectivity index (χ4v) is 2.72. The summed E-state index contributed by atoms with van der Waals surface area (Å²) in [6.07, 6.45) is 0.726. The standard InChI is InChI=1S/C16H20N2O3S/c1-11-9-13(20-2)14(21-3)10-12(11)6-7-17-16(19)18-15-5-4-8-22-15/h4-5,8-10H,6-7H2,1-3H3,(H2,17,18,19). The van der Waals surface area contributed by atoms with Crippen LogP contribution in [0.1, 0.15) is 11.1 Å². The number of thiophene rings is 1. The van der Waals surface area contributed by atoms with Gasteiger partial charge in [-0.25, -0.2) is 4.79 Å². The Balaban J connectivity index is 1.90. The molecule has 0 aliphatic rings. The number of ether oxygens (including phenoxy) is 2. The lowest BCUT2D eigenvalue weighted by molar-refractivity contribution is 0.252. The van der Waals surface area contributed by atoms with Gasteiger partial charge in [-0.3, -0.25) is 5.32 Å². The maximum Gasteiger partial charge on any atom is 0.319 e. The molecular weight excluding hydrogens is 300 g/mol. The zero-order valence-electron chi connectivity index (χ0n) is 12.9. The summed E-state index contributed by atoms with van der Waals surface area (Å²) in [5.74, 6) is 1.42. The van der Waals surface area contributed by atoms with E-state index in [0.717, 1.165) is 22.5 Å². The van der Waals surface area contributed by atoms with Gasteiger partial charge in [-0.05, 0) is 54.1 Å². The number of benzene rings is 1. The van der Waals surface area contributed by atoms with Gasteiger partial charge in [0.2, 0.25) is 0 Å². The predicted octanol–water partition coefficient (Wildman–Crippen LogP) is 3.44. The number of methoxy groups -OCH3 is 2. The molecule has 2 amide bonds. The summed E-state index contributed by atoms with van der Waals surface area (Å²) < 4.78 is 10.6. The maximum absolute atomic E-state index is 11.7. The number of carbonyl (C=O) groups is 1. The van der Waals surface area contributed by atoms with Crippen molar-refractivity contribution >= 4 is 22.4 Å². The number of anilines is 1. The Hall–Kier alpha value is -2.21. The summed E-state index contributed by atoms with van der Waals surface area (Å²) in [4.78, 5) is 11.7. The molecule has 5 nitrogen and oxygen atoms in total. The van der Waals surface area contributed by atoms with Crippen molar-refractivity contribution in [1.29, 1.82) is 0 Å². The molecule has 2 N–H and O–H groups in total. The Kier molecular flexibility index (Phi) is 5.66. The number of urea groups is 1. The van der Waals surface area contributed by atoms with Crippen LogP contribution in [0.2, 0.25) is 0 Å². The molecule has 1 aromatic carbocycles. The Morgan fingerprint density at radius 3 is 2.59 bits per heavy atom. The third-order valence-electron chi connectivity index (χ3n) is 3.28. The third-order valence-corrected chi connectivity index (χ3v) is 4.07. The molecule has 0 fully saturated rings. The molecule has 0 atom stereocenters. The molecule has 0 bridgehead atoms. The largest absolute Gasteiger partial charge is 0.493 e. The van der Waals surface area contributed by atoms with Crippen molar-refractivity contribution in [2.45, 2.75) is 13.3 Å². The molecule has 1 aromatic heterocycles. The molecule has 0 radical (unpaired) electrons. The number of hydrogen-bond donors (Lipinski definition) is 2. The van der Waals surface area contributed by atoms with Gasteiger partial charge < -0.3 is 14.8 Å². The summed E-state index contributed by atoms with van der Waals surface area (Å²) in [6.45, 7) is 2.57.